The Balaban J connectivity index is 2.10. The minimum absolute atomic E-state index is 0.0912. The molecule has 0 N–H and O–H groups in total. The molecule has 2 amide bonds. The standard InChI is InChI=1S/C18H13NO7S/c1-11(20)25-10-4-5-12-8-9-15-16-13(12)6-3-7-14(16)17(21)19(18(15)22)26-27(2,23)24/h3,6-9H,10H2,1-2H3. The first kappa shape index (κ1) is 18.6. The monoisotopic (exact) mass is 387 g/mol. The molecule has 1 aliphatic rings. The van der Waals surface area contributed by atoms with Crippen molar-refractivity contribution in [2.45, 2.75) is 6.92 Å². The lowest BCUT2D eigenvalue weighted by atomic mass is 9.92. The average Bonchev–Trinajstić information content (AvgIpc) is 2.59. The molecule has 0 fully saturated rings. The van der Waals surface area contributed by atoms with Gasteiger partial charge in [0.15, 0.2) is 6.61 Å². The van der Waals surface area contributed by atoms with Crippen molar-refractivity contribution in [2.24, 2.45) is 0 Å². The molecule has 0 bridgehead atoms. The number of benzene rings is 2. The van der Waals surface area contributed by atoms with E-state index in [1.54, 1.807) is 18.2 Å². The molecule has 0 radical (unpaired) electrons. The van der Waals surface area contributed by atoms with Gasteiger partial charge in [-0.3, -0.25) is 14.4 Å². The number of hydrogen-bond donors (Lipinski definition) is 0. The van der Waals surface area contributed by atoms with Crippen LogP contribution in [0, 0.1) is 11.8 Å². The van der Waals surface area contributed by atoms with E-state index in [9.17, 15) is 22.8 Å². The Bertz CT molecular complexity index is 1130. The van der Waals surface area contributed by atoms with Crippen LogP contribution in [-0.4, -0.2) is 44.1 Å². The van der Waals surface area contributed by atoms with E-state index in [0.29, 0.717) is 16.3 Å². The molecule has 1 aliphatic heterocycles. The van der Waals surface area contributed by atoms with Crippen LogP contribution in [0.5, 0.6) is 0 Å². The van der Waals surface area contributed by atoms with E-state index in [4.69, 9.17) is 4.74 Å². The zero-order valence-corrected chi connectivity index (χ0v) is 15.1. The van der Waals surface area contributed by atoms with Gasteiger partial charge in [-0.2, -0.15) is 8.42 Å². The van der Waals surface area contributed by atoms with Gasteiger partial charge in [0, 0.05) is 17.9 Å². The fourth-order valence-corrected chi connectivity index (χ4v) is 3.06. The van der Waals surface area contributed by atoms with Crippen LogP contribution in [0.2, 0.25) is 0 Å². The van der Waals surface area contributed by atoms with Crippen LogP contribution in [0.15, 0.2) is 30.3 Å². The van der Waals surface area contributed by atoms with E-state index in [-0.39, 0.29) is 22.8 Å². The van der Waals surface area contributed by atoms with Gasteiger partial charge in [-0.05, 0) is 23.6 Å². The molecule has 2 aromatic carbocycles. The number of hydrogen-bond acceptors (Lipinski definition) is 7. The normalized spacial score (nSPS) is 13.3. The Morgan fingerprint density at radius 1 is 1.11 bits per heavy atom. The van der Waals surface area contributed by atoms with Gasteiger partial charge >= 0.3 is 5.97 Å². The number of carbonyl (C=O) groups is 3. The number of hydroxylamine groups is 2. The van der Waals surface area contributed by atoms with Crippen molar-refractivity contribution in [3.05, 3.63) is 47.0 Å². The summed E-state index contributed by atoms with van der Waals surface area (Å²) in [6, 6.07) is 7.75. The highest BCUT2D eigenvalue weighted by molar-refractivity contribution is 7.85. The highest BCUT2D eigenvalue weighted by Gasteiger charge is 2.36. The van der Waals surface area contributed by atoms with E-state index >= 15 is 0 Å². The summed E-state index contributed by atoms with van der Waals surface area (Å²) in [6.07, 6.45) is 0.742. The van der Waals surface area contributed by atoms with E-state index in [1.807, 2.05) is 0 Å². The van der Waals surface area contributed by atoms with Crippen LogP contribution < -0.4 is 0 Å². The lowest BCUT2D eigenvalue weighted by molar-refractivity contribution is -0.139. The van der Waals surface area contributed by atoms with Crippen molar-refractivity contribution in [1.29, 1.82) is 0 Å². The average molecular weight is 387 g/mol. The second kappa shape index (κ2) is 6.83. The zero-order valence-electron chi connectivity index (χ0n) is 14.3. The molecule has 0 aromatic heterocycles. The Morgan fingerprint density at radius 2 is 1.78 bits per heavy atom. The van der Waals surface area contributed by atoms with E-state index in [1.165, 1.54) is 19.1 Å². The summed E-state index contributed by atoms with van der Waals surface area (Å²) in [7, 11) is -4.07. The van der Waals surface area contributed by atoms with Crippen molar-refractivity contribution in [1.82, 2.24) is 5.06 Å². The molecule has 138 valence electrons. The summed E-state index contributed by atoms with van der Waals surface area (Å²) in [6.45, 7) is 1.18. The lowest BCUT2D eigenvalue weighted by Crippen LogP contribution is -2.41. The summed E-state index contributed by atoms with van der Waals surface area (Å²) in [5.41, 5.74) is 0.768. The molecule has 0 saturated carbocycles. The Labute approximate surface area is 154 Å². The molecule has 0 spiro atoms. The summed E-state index contributed by atoms with van der Waals surface area (Å²) in [5.74, 6) is 3.30. The molecule has 8 nitrogen and oxygen atoms in total. The van der Waals surface area contributed by atoms with Gasteiger partial charge in [0.2, 0.25) is 0 Å². The summed E-state index contributed by atoms with van der Waals surface area (Å²) < 4.78 is 32.0. The lowest BCUT2D eigenvalue weighted by Gasteiger charge is -2.25. The maximum absolute atomic E-state index is 12.6. The SMILES string of the molecule is CC(=O)OCC#Cc1ccc2c3c(cccc13)C(=O)N(OS(C)(=O)=O)C2=O. The van der Waals surface area contributed by atoms with Crippen LogP contribution in [0.4, 0.5) is 0 Å². The Hall–Kier alpha value is -3.22. The van der Waals surface area contributed by atoms with E-state index < -0.39 is 27.9 Å². The third-order valence-electron chi connectivity index (χ3n) is 3.65. The first-order valence-electron chi connectivity index (χ1n) is 7.65. The van der Waals surface area contributed by atoms with Crippen molar-refractivity contribution < 1.29 is 31.8 Å². The molecule has 27 heavy (non-hydrogen) atoms. The zero-order chi connectivity index (χ0) is 19.8. The summed E-state index contributed by atoms with van der Waals surface area (Å²) >= 11 is 0. The predicted molar refractivity (Wildman–Crippen MR) is 93.9 cm³/mol. The van der Waals surface area contributed by atoms with Crippen LogP contribution in [-0.2, 0) is 23.9 Å². The summed E-state index contributed by atoms with van der Waals surface area (Å²) in [4.78, 5) is 35.9. The highest BCUT2D eigenvalue weighted by Crippen LogP contribution is 2.32. The van der Waals surface area contributed by atoms with Gasteiger partial charge < -0.3 is 4.74 Å². The number of rotatable bonds is 3. The van der Waals surface area contributed by atoms with Gasteiger partial charge in [-0.1, -0.05) is 24.0 Å². The molecule has 1 heterocycles. The second-order valence-corrected chi connectivity index (χ2v) is 7.21. The fraction of sp³-hybridized carbons (Fsp3) is 0.167. The van der Waals surface area contributed by atoms with Crippen LogP contribution in [0.1, 0.15) is 33.2 Å². The topological polar surface area (TPSA) is 107 Å². The molecule has 3 rings (SSSR count). The number of esters is 1. The molecule has 0 atom stereocenters. The minimum atomic E-state index is -4.07. The van der Waals surface area contributed by atoms with Crippen molar-refractivity contribution >= 4 is 38.7 Å². The Kier molecular flexibility index (Phi) is 4.70. The molecule has 9 heteroatoms. The van der Waals surface area contributed by atoms with Crippen molar-refractivity contribution in [3.63, 3.8) is 0 Å². The molecule has 0 aliphatic carbocycles. The van der Waals surface area contributed by atoms with Crippen molar-refractivity contribution in [3.8, 4) is 11.8 Å². The maximum Gasteiger partial charge on any atom is 0.303 e. The molecule has 0 unspecified atom stereocenters. The smallest absolute Gasteiger partial charge is 0.303 e. The van der Waals surface area contributed by atoms with Gasteiger partial charge in [0.25, 0.3) is 21.9 Å². The third-order valence-corrected chi connectivity index (χ3v) is 4.07. The van der Waals surface area contributed by atoms with E-state index in [0.717, 1.165) is 6.26 Å². The predicted octanol–water partition coefficient (Wildman–Crippen LogP) is 1.24. The first-order valence-corrected chi connectivity index (χ1v) is 9.47. The number of imide groups is 1. The highest BCUT2D eigenvalue weighted by atomic mass is 32.2. The van der Waals surface area contributed by atoms with Gasteiger partial charge in [0.05, 0.1) is 17.4 Å². The number of carbonyl (C=O) groups excluding carboxylic acids is 3. The fourth-order valence-electron chi connectivity index (χ4n) is 2.66. The Morgan fingerprint density at radius 3 is 2.41 bits per heavy atom. The second-order valence-electron chi connectivity index (χ2n) is 5.65. The van der Waals surface area contributed by atoms with E-state index in [2.05, 4.69) is 16.1 Å². The molecule has 0 saturated heterocycles. The number of nitrogens with zero attached hydrogens (tertiary/aromatic N) is 1. The number of ether oxygens (including phenoxy) is 1. The maximum atomic E-state index is 12.6. The quantitative estimate of drug-likeness (QED) is 0.443. The third kappa shape index (κ3) is 3.67. The van der Waals surface area contributed by atoms with Gasteiger partial charge in [-0.15, -0.1) is 9.35 Å². The van der Waals surface area contributed by atoms with Crippen molar-refractivity contribution in [2.75, 3.05) is 12.9 Å². The largest absolute Gasteiger partial charge is 0.453 e. The molecular formula is C18H13NO7S. The van der Waals surface area contributed by atoms with Crippen LogP contribution in [0.25, 0.3) is 10.8 Å². The van der Waals surface area contributed by atoms with Gasteiger partial charge in [-0.25, -0.2) is 0 Å². The van der Waals surface area contributed by atoms with Gasteiger partial charge in [0.1, 0.15) is 0 Å². The van der Waals surface area contributed by atoms with Crippen LogP contribution >= 0.6 is 0 Å². The molecular weight excluding hydrogens is 374 g/mol. The first-order chi connectivity index (χ1) is 12.7. The molecule has 2 aromatic rings. The van der Waals surface area contributed by atoms with Crippen LogP contribution in [0.3, 0.4) is 0 Å². The summed E-state index contributed by atoms with van der Waals surface area (Å²) in [5, 5.41) is 1.14. The minimum Gasteiger partial charge on any atom is -0.453 e. The number of amides is 2.